The van der Waals surface area contributed by atoms with E-state index in [-0.39, 0.29) is 24.7 Å². The molecule has 3 N–H and O–H groups in total. The largest absolute Gasteiger partial charge is 0.480 e. The van der Waals surface area contributed by atoms with Gasteiger partial charge in [-0.25, -0.2) is 29.5 Å². The van der Waals surface area contributed by atoms with Crippen LogP contribution in [0.3, 0.4) is 0 Å². The van der Waals surface area contributed by atoms with E-state index >= 15 is 0 Å². The highest BCUT2D eigenvalue weighted by molar-refractivity contribution is 8.01. The summed E-state index contributed by atoms with van der Waals surface area (Å²) in [6.45, 7) is 3.90. The number of aliphatic carboxylic acids is 1. The number of carbonyl (C=O) groups excluding carboxylic acids is 3. The van der Waals surface area contributed by atoms with Crippen LogP contribution in [-0.4, -0.2) is 72.4 Å². The van der Waals surface area contributed by atoms with Crippen molar-refractivity contribution in [3.8, 4) is 0 Å². The maximum Gasteiger partial charge on any atom is 0.408 e. The Morgan fingerprint density at radius 3 is 1.69 bits per heavy atom. The number of carboxylic acids is 1. The fourth-order valence-corrected chi connectivity index (χ4v) is 5.44. The van der Waals surface area contributed by atoms with Crippen LogP contribution in [0, 0.1) is 5.92 Å². The van der Waals surface area contributed by atoms with Crippen LogP contribution < -0.4 is 10.6 Å². The first-order valence-electron chi connectivity index (χ1n) is 15.0. The maximum absolute atomic E-state index is 12.7. The quantitative estimate of drug-likeness (QED) is 0.108. The molecule has 0 aliphatic rings. The predicted octanol–water partition coefficient (Wildman–Crippen LogP) is 4.86. The zero-order valence-corrected chi connectivity index (χ0v) is 28.2. The third kappa shape index (κ3) is 15.2. The Kier molecular flexibility index (Phi) is 16.6. The van der Waals surface area contributed by atoms with E-state index in [4.69, 9.17) is 4.74 Å². The number of thioether (sulfide) groups is 2. The van der Waals surface area contributed by atoms with Gasteiger partial charge in [0.15, 0.2) is 16.1 Å². The van der Waals surface area contributed by atoms with Crippen molar-refractivity contribution in [2.45, 2.75) is 55.7 Å². The van der Waals surface area contributed by atoms with Crippen LogP contribution in [-0.2, 0) is 32.1 Å². The molecule has 0 aliphatic carbocycles. The molecule has 0 spiro atoms. The van der Waals surface area contributed by atoms with E-state index in [1.165, 1.54) is 23.5 Å². The number of hydrogen-bond acceptors (Lipinski definition) is 11. The molecule has 0 radical (unpaired) electrons. The Balaban J connectivity index is 0.000000294. The van der Waals surface area contributed by atoms with Crippen molar-refractivity contribution in [2.75, 3.05) is 11.5 Å². The molecular weight excluding hydrogens is 653 g/mol. The summed E-state index contributed by atoms with van der Waals surface area (Å²) >= 11 is 2.68. The molecule has 2 aromatic carbocycles. The predicted molar refractivity (Wildman–Crippen MR) is 183 cm³/mol. The summed E-state index contributed by atoms with van der Waals surface area (Å²) in [7, 11) is 0. The van der Waals surface area contributed by atoms with Gasteiger partial charge in [0.1, 0.15) is 18.7 Å². The highest BCUT2D eigenvalue weighted by Gasteiger charge is 2.27. The lowest BCUT2D eigenvalue weighted by Crippen LogP contribution is -2.52. The third-order valence-electron chi connectivity index (χ3n) is 6.23. The molecule has 2 atom stereocenters. The number of Topliss-reactive ketones (excluding diaryl/α,β-unsaturated/α-hetero) is 1. The van der Waals surface area contributed by atoms with Gasteiger partial charge in [-0.15, -0.1) is 0 Å². The van der Waals surface area contributed by atoms with Gasteiger partial charge >= 0.3 is 12.1 Å². The molecule has 4 aromatic rings. The van der Waals surface area contributed by atoms with Crippen molar-refractivity contribution in [1.82, 2.24) is 30.6 Å². The van der Waals surface area contributed by atoms with Crippen LogP contribution >= 0.6 is 23.5 Å². The molecule has 0 saturated carbocycles. The second-order valence-corrected chi connectivity index (χ2v) is 12.5. The molecule has 14 heteroatoms. The minimum atomic E-state index is -1.14. The number of alkyl carbamates (subject to hydrolysis) is 1. The van der Waals surface area contributed by atoms with E-state index < -0.39 is 30.1 Å². The fourth-order valence-electron chi connectivity index (χ4n) is 3.98. The summed E-state index contributed by atoms with van der Waals surface area (Å²) in [6, 6.07) is 19.7. The Morgan fingerprint density at radius 2 is 1.21 bits per heavy atom. The van der Waals surface area contributed by atoms with Crippen molar-refractivity contribution in [2.24, 2.45) is 5.92 Å². The van der Waals surface area contributed by atoms with Crippen LogP contribution in [0.5, 0.6) is 0 Å². The molecule has 2 aromatic heterocycles. The number of nitrogens with zero attached hydrogens (tertiary/aromatic N) is 4. The first-order chi connectivity index (χ1) is 23.2. The normalized spacial score (nSPS) is 11.7. The third-order valence-corrected chi connectivity index (χ3v) is 8.11. The Labute approximate surface area is 287 Å². The summed E-state index contributed by atoms with van der Waals surface area (Å²) in [6.07, 6.45) is 6.41. The van der Waals surface area contributed by atoms with Gasteiger partial charge in [-0.2, -0.15) is 0 Å². The molecule has 0 aliphatic heterocycles. The summed E-state index contributed by atoms with van der Waals surface area (Å²) < 4.78 is 5.19. The fraction of sp³-hybridized carbons (Fsp3) is 0.294. The average molecular weight is 691 g/mol. The monoisotopic (exact) mass is 690 g/mol. The van der Waals surface area contributed by atoms with Crippen LogP contribution in [0.25, 0.3) is 0 Å². The van der Waals surface area contributed by atoms with Crippen molar-refractivity contribution in [1.29, 1.82) is 0 Å². The van der Waals surface area contributed by atoms with Crippen molar-refractivity contribution in [3.63, 3.8) is 0 Å². The molecule has 0 fully saturated rings. The van der Waals surface area contributed by atoms with Crippen molar-refractivity contribution >= 4 is 47.3 Å². The van der Waals surface area contributed by atoms with Gasteiger partial charge in [-0.05, 0) is 35.6 Å². The van der Waals surface area contributed by atoms with E-state index in [1.807, 2.05) is 62.4 Å². The van der Waals surface area contributed by atoms with Gasteiger partial charge in [-0.1, -0.05) is 98.0 Å². The van der Waals surface area contributed by atoms with Crippen LogP contribution in [0.2, 0.25) is 0 Å². The lowest BCUT2D eigenvalue weighted by molar-refractivity contribution is -0.142. The highest BCUT2D eigenvalue weighted by atomic mass is 32.2. The van der Waals surface area contributed by atoms with E-state index in [0.29, 0.717) is 28.2 Å². The molecule has 12 nitrogen and oxygen atoms in total. The topological polar surface area (TPSA) is 173 Å². The molecule has 0 saturated heterocycles. The average Bonchev–Trinajstić information content (AvgIpc) is 3.10. The second kappa shape index (κ2) is 21.1. The number of nitrogens with one attached hydrogen (secondary N) is 2. The second-order valence-electron chi connectivity index (χ2n) is 10.7. The van der Waals surface area contributed by atoms with Gasteiger partial charge in [0.2, 0.25) is 5.91 Å². The lowest BCUT2D eigenvalue weighted by atomic mass is 10.0. The van der Waals surface area contributed by atoms with Gasteiger partial charge < -0.3 is 20.5 Å². The van der Waals surface area contributed by atoms with E-state index in [2.05, 4.69) is 30.6 Å². The number of carbonyl (C=O) groups is 4. The molecule has 2 heterocycles. The molecule has 252 valence electrons. The SMILES string of the molecule is CC(C)C[C@H](NC(=O)OCc1ccccc1)C(=O)N[C@@H](Cc1ccccc1)C(=O)O.O=C(CSc1ncccn1)CSc1ncccn1. The van der Waals surface area contributed by atoms with Crippen molar-refractivity contribution in [3.05, 3.63) is 109 Å². The van der Waals surface area contributed by atoms with E-state index in [9.17, 15) is 24.3 Å². The molecular formula is C34H38N6O6S2. The van der Waals surface area contributed by atoms with Crippen LogP contribution in [0.15, 0.2) is 108 Å². The van der Waals surface area contributed by atoms with Gasteiger partial charge in [-0.3, -0.25) is 9.59 Å². The zero-order chi connectivity index (χ0) is 34.6. The Hall–Kier alpha value is -4.82. The highest BCUT2D eigenvalue weighted by Crippen LogP contribution is 2.15. The summed E-state index contributed by atoms with van der Waals surface area (Å²) in [4.78, 5) is 64.4. The minimum absolute atomic E-state index is 0.0778. The smallest absolute Gasteiger partial charge is 0.408 e. The van der Waals surface area contributed by atoms with Gasteiger partial charge in [0, 0.05) is 31.2 Å². The number of carboxylic acid groups (broad SMARTS) is 1. The summed E-state index contributed by atoms with van der Waals surface area (Å²) in [5.41, 5.74) is 1.62. The number of amides is 2. The number of benzene rings is 2. The van der Waals surface area contributed by atoms with Crippen LogP contribution in [0.4, 0.5) is 4.79 Å². The first-order valence-corrected chi connectivity index (χ1v) is 17.0. The van der Waals surface area contributed by atoms with Crippen LogP contribution in [0.1, 0.15) is 31.4 Å². The number of ketones is 1. The van der Waals surface area contributed by atoms with E-state index in [0.717, 1.165) is 11.1 Å². The number of hydrogen-bond donors (Lipinski definition) is 3. The molecule has 48 heavy (non-hydrogen) atoms. The lowest BCUT2D eigenvalue weighted by Gasteiger charge is -2.22. The van der Waals surface area contributed by atoms with Gasteiger partial charge in [0.05, 0.1) is 11.5 Å². The summed E-state index contributed by atoms with van der Waals surface area (Å²) in [5, 5.41) is 15.8. The van der Waals surface area contributed by atoms with E-state index in [1.54, 1.807) is 49.1 Å². The molecule has 4 rings (SSSR count). The first kappa shape index (κ1) is 37.6. The Morgan fingerprint density at radius 1 is 0.708 bits per heavy atom. The number of rotatable bonds is 16. The summed E-state index contributed by atoms with van der Waals surface area (Å²) in [5.74, 6) is -0.739. The number of aromatic nitrogens is 4. The molecule has 2 amide bonds. The zero-order valence-electron chi connectivity index (χ0n) is 26.6. The Bertz CT molecular complexity index is 1510. The van der Waals surface area contributed by atoms with Gasteiger partial charge in [0.25, 0.3) is 0 Å². The molecule has 0 bridgehead atoms. The van der Waals surface area contributed by atoms with Crippen molar-refractivity contribution < 1.29 is 29.0 Å². The number of ether oxygens (including phenoxy) is 1. The maximum atomic E-state index is 12.7. The molecule has 0 unspecified atom stereocenters. The standard InChI is InChI=1S/C23H28N2O5.C11H10N4OS2/c1-16(2)13-19(25-23(29)30-15-18-11-7-4-8-12-18)21(26)24-20(22(27)28)14-17-9-5-3-6-10-17;16-9(7-17-10-12-3-1-4-13-10)8-18-11-14-5-2-6-15-11/h3-12,16,19-20H,13-15H2,1-2H3,(H,24,26)(H,25,29)(H,27,28);1-6H,7-8H2/t19-,20-;/m0./s1. The minimum Gasteiger partial charge on any atom is -0.480 e.